The van der Waals surface area contributed by atoms with Gasteiger partial charge < -0.3 is 5.32 Å². The minimum Gasteiger partial charge on any atom is -0.310 e. The summed E-state index contributed by atoms with van der Waals surface area (Å²) in [6.45, 7) is 2.79. The molecule has 1 aromatic carbocycles. The summed E-state index contributed by atoms with van der Waals surface area (Å²) in [5, 5.41) is 3.11. The molecule has 1 atom stereocenters. The number of halogens is 3. The molecule has 0 saturated heterocycles. The van der Waals surface area contributed by atoms with Crippen LogP contribution in [-0.2, 0) is 10.2 Å². The van der Waals surface area contributed by atoms with Crippen molar-refractivity contribution in [1.29, 1.82) is 0 Å². The van der Waals surface area contributed by atoms with E-state index in [1.54, 1.807) is 18.2 Å². The van der Waals surface area contributed by atoms with Crippen LogP contribution in [0.3, 0.4) is 0 Å². The predicted octanol–water partition coefficient (Wildman–Crippen LogP) is 2.17. The van der Waals surface area contributed by atoms with E-state index in [-0.39, 0.29) is 11.7 Å². The highest BCUT2D eigenvalue weighted by atomic mass is 32.2. The van der Waals surface area contributed by atoms with E-state index in [0.717, 1.165) is 0 Å². The second kappa shape index (κ2) is 7.10. The van der Waals surface area contributed by atoms with E-state index >= 15 is 0 Å². The van der Waals surface area contributed by atoms with Gasteiger partial charge in [-0.3, -0.25) is 4.72 Å². The third-order valence-electron chi connectivity index (χ3n) is 2.64. The van der Waals surface area contributed by atoms with Crippen LogP contribution in [0.15, 0.2) is 24.3 Å². The van der Waals surface area contributed by atoms with Gasteiger partial charge >= 0.3 is 6.18 Å². The zero-order valence-electron chi connectivity index (χ0n) is 11.7. The number of rotatable bonds is 7. The van der Waals surface area contributed by atoms with Crippen LogP contribution in [0.1, 0.15) is 25.5 Å². The summed E-state index contributed by atoms with van der Waals surface area (Å²) < 4.78 is 63.1. The molecule has 0 fully saturated rings. The molecular formula is C12H18F3N3O2S. The van der Waals surface area contributed by atoms with E-state index < -0.39 is 22.9 Å². The first-order chi connectivity index (χ1) is 9.64. The fraction of sp³-hybridized carbons (Fsp3) is 0.500. The summed E-state index contributed by atoms with van der Waals surface area (Å²) in [5.41, 5.74) is 0.886. The van der Waals surface area contributed by atoms with Gasteiger partial charge in [0.2, 0.25) is 0 Å². The number of hydrogen-bond donors (Lipinski definition) is 3. The van der Waals surface area contributed by atoms with E-state index in [1.807, 2.05) is 13.8 Å². The van der Waals surface area contributed by atoms with Crippen molar-refractivity contribution in [3.63, 3.8) is 0 Å². The molecule has 0 aliphatic carbocycles. The van der Waals surface area contributed by atoms with Crippen LogP contribution in [-0.4, -0.2) is 27.7 Å². The number of anilines is 1. The molecule has 21 heavy (non-hydrogen) atoms. The van der Waals surface area contributed by atoms with Crippen molar-refractivity contribution in [1.82, 2.24) is 10.0 Å². The van der Waals surface area contributed by atoms with E-state index in [9.17, 15) is 21.6 Å². The fourth-order valence-electron chi connectivity index (χ4n) is 1.74. The lowest BCUT2D eigenvalue weighted by molar-refractivity contribution is -0.121. The molecule has 9 heteroatoms. The Morgan fingerprint density at radius 2 is 1.86 bits per heavy atom. The fourth-order valence-corrected chi connectivity index (χ4v) is 2.64. The Bertz CT molecular complexity index is 561. The molecule has 0 spiro atoms. The van der Waals surface area contributed by atoms with Gasteiger partial charge in [-0.25, -0.2) is 0 Å². The summed E-state index contributed by atoms with van der Waals surface area (Å²) in [4.78, 5) is 0. The molecule has 1 unspecified atom stereocenters. The Morgan fingerprint density at radius 1 is 1.24 bits per heavy atom. The lowest BCUT2D eigenvalue weighted by Crippen LogP contribution is -2.37. The molecule has 0 heterocycles. The summed E-state index contributed by atoms with van der Waals surface area (Å²) in [5.74, 6) is 0. The highest BCUT2D eigenvalue weighted by molar-refractivity contribution is 7.90. The van der Waals surface area contributed by atoms with Crippen LogP contribution in [0.5, 0.6) is 0 Å². The second-order valence-corrected chi connectivity index (χ2v) is 5.91. The van der Waals surface area contributed by atoms with Crippen molar-refractivity contribution in [3.05, 3.63) is 29.8 Å². The minimum atomic E-state index is -4.61. The zero-order chi connectivity index (χ0) is 16.1. The van der Waals surface area contributed by atoms with E-state index in [4.69, 9.17) is 0 Å². The summed E-state index contributed by atoms with van der Waals surface area (Å²) in [6.07, 6.45) is -4.61. The van der Waals surface area contributed by atoms with Gasteiger partial charge in [0.25, 0.3) is 10.2 Å². The van der Waals surface area contributed by atoms with Crippen LogP contribution in [0.2, 0.25) is 0 Å². The third-order valence-corrected chi connectivity index (χ3v) is 3.66. The lowest BCUT2D eigenvalue weighted by atomic mass is 10.1. The van der Waals surface area contributed by atoms with Crippen molar-refractivity contribution in [2.75, 3.05) is 17.8 Å². The van der Waals surface area contributed by atoms with Gasteiger partial charge in [-0.15, -0.1) is 0 Å². The van der Waals surface area contributed by atoms with Gasteiger partial charge in [0.05, 0.1) is 5.69 Å². The molecule has 5 nitrogen and oxygen atoms in total. The molecule has 0 aromatic heterocycles. The summed E-state index contributed by atoms with van der Waals surface area (Å²) in [7, 11) is -4.29. The molecule has 0 saturated carbocycles. The number of nitrogens with one attached hydrogen (secondary N) is 3. The topological polar surface area (TPSA) is 70.2 Å². The summed E-state index contributed by atoms with van der Waals surface area (Å²) in [6, 6.07) is 6.38. The quantitative estimate of drug-likeness (QED) is 0.719. The number of para-hydroxylation sites is 1. The van der Waals surface area contributed by atoms with Gasteiger partial charge in [-0.2, -0.15) is 26.3 Å². The predicted molar refractivity (Wildman–Crippen MR) is 75.1 cm³/mol. The number of benzene rings is 1. The normalized spacial score (nSPS) is 14.0. The van der Waals surface area contributed by atoms with E-state index in [0.29, 0.717) is 12.1 Å². The molecule has 0 amide bonds. The molecule has 1 rings (SSSR count). The molecule has 3 N–H and O–H groups in total. The Hall–Kier alpha value is -1.32. The Labute approximate surface area is 122 Å². The van der Waals surface area contributed by atoms with Crippen LogP contribution >= 0.6 is 0 Å². The zero-order valence-corrected chi connectivity index (χ0v) is 12.5. The Balaban J connectivity index is 2.87. The Morgan fingerprint density at radius 3 is 2.43 bits per heavy atom. The molecule has 1 aromatic rings. The molecule has 0 radical (unpaired) electrons. The van der Waals surface area contributed by atoms with Crippen LogP contribution in [0.25, 0.3) is 0 Å². The maximum absolute atomic E-state index is 12.1. The van der Waals surface area contributed by atoms with Gasteiger partial charge in [0.15, 0.2) is 0 Å². The largest absolute Gasteiger partial charge is 0.402 e. The standard InChI is InChI=1S/C12H18F3N3O2S/c1-3-16-9(2)10-6-4-5-7-11(10)18-21(19,20)17-8-12(13,14)15/h4-7,9,16-18H,3,8H2,1-2H3. The van der Waals surface area contributed by atoms with Crippen molar-refractivity contribution in [2.45, 2.75) is 26.1 Å². The average molecular weight is 325 g/mol. The smallest absolute Gasteiger partial charge is 0.310 e. The van der Waals surface area contributed by atoms with Crippen LogP contribution < -0.4 is 14.8 Å². The van der Waals surface area contributed by atoms with Crippen molar-refractivity contribution in [3.8, 4) is 0 Å². The van der Waals surface area contributed by atoms with Gasteiger partial charge in [-0.05, 0) is 25.1 Å². The first-order valence-electron chi connectivity index (χ1n) is 6.31. The third kappa shape index (κ3) is 6.32. The van der Waals surface area contributed by atoms with Gasteiger partial charge in [-0.1, -0.05) is 25.1 Å². The van der Waals surface area contributed by atoms with Gasteiger partial charge in [0, 0.05) is 6.04 Å². The van der Waals surface area contributed by atoms with Crippen LogP contribution in [0, 0.1) is 0 Å². The minimum absolute atomic E-state index is 0.142. The van der Waals surface area contributed by atoms with Crippen molar-refractivity contribution >= 4 is 15.9 Å². The monoisotopic (exact) mass is 325 g/mol. The number of alkyl halides is 3. The highest BCUT2D eigenvalue weighted by Crippen LogP contribution is 2.23. The van der Waals surface area contributed by atoms with E-state index in [1.165, 1.54) is 10.8 Å². The van der Waals surface area contributed by atoms with Crippen molar-refractivity contribution < 1.29 is 21.6 Å². The molecule has 0 bridgehead atoms. The first kappa shape index (κ1) is 17.7. The summed E-state index contributed by atoms with van der Waals surface area (Å²) >= 11 is 0. The maximum atomic E-state index is 12.1. The van der Waals surface area contributed by atoms with Gasteiger partial charge in [0.1, 0.15) is 6.54 Å². The number of hydrogen-bond acceptors (Lipinski definition) is 3. The first-order valence-corrected chi connectivity index (χ1v) is 7.79. The Kier molecular flexibility index (Phi) is 5.99. The van der Waals surface area contributed by atoms with E-state index in [2.05, 4.69) is 10.0 Å². The van der Waals surface area contributed by atoms with Crippen molar-refractivity contribution in [2.24, 2.45) is 0 Å². The average Bonchev–Trinajstić information content (AvgIpc) is 2.36. The second-order valence-electron chi connectivity index (χ2n) is 4.41. The SMILES string of the molecule is CCNC(C)c1ccccc1NS(=O)(=O)NCC(F)(F)F. The lowest BCUT2D eigenvalue weighted by Gasteiger charge is -2.18. The molecule has 120 valence electrons. The molecule has 0 aliphatic heterocycles. The van der Waals surface area contributed by atoms with Crippen LogP contribution in [0.4, 0.5) is 18.9 Å². The molecular weight excluding hydrogens is 307 g/mol. The highest BCUT2D eigenvalue weighted by Gasteiger charge is 2.29. The maximum Gasteiger partial charge on any atom is 0.402 e. The molecule has 0 aliphatic rings.